The minimum atomic E-state index is -0.576. The molecule has 1 fully saturated rings. The SMILES string of the molecule is CCC(C(=O)N1CCC(NC(=O)C(C)Oc2cc(C(C)C)ccc2C)CC1)c1ccccc1. The minimum Gasteiger partial charge on any atom is -0.481 e. The highest BCUT2D eigenvalue weighted by atomic mass is 16.5. The van der Waals surface area contributed by atoms with Gasteiger partial charge in [-0.15, -0.1) is 0 Å². The standard InChI is InChI=1S/C28H38N2O3/c1-6-25(22-10-8-7-9-11-22)28(32)30-16-14-24(15-17-30)29-27(31)21(5)33-26-18-23(19(2)3)13-12-20(26)4/h7-13,18-19,21,24-25H,6,14-17H2,1-5H3,(H,29,31). The Labute approximate surface area is 198 Å². The fraction of sp³-hybridized carbons (Fsp3) is 0.500. The molecule has 2 aromatic rings. The molecule has 5 heteroatoms. The van der Waals surface area contributed by atoms with Gasteiger partial charge in [0, 0.05) is 19.1 Å². The third-order valence-electron chi connectivity index (χ3n) is 6.61. The van der Waals surface area contributed by atoms with Crippen molar-refractivity contribution in [1.29, 1.82) is 0 Å². The number of nitrogens with one attached hydrogen (secondary N) is 1. The van der Waals surface area contributed by atoms with Gasteiger partial charge in [0.2, 0.25) is 5.91 Å². The van der Waals surface area contributed by atoms with E-state index in [2.05, 4.69) is 32.2 Å². The molecule has 178 valence electrons. The molecular weight excluding hydrogens is 412 g/mol. The zero-order valence-electron chi connectivity index (χ0n) is 20.6. The van der Waals surface area contributed by atoms with Gasteiger partial charge in [-0.25, -0.2) is 0 Å². The van der Waals surface area contributed by atoms with Crippen LogP contribution >= 0.6 is 0 Å². The Morgan fingerprint density at radius 3 is 2.30 bits per heavy atom. The van der Waals surface area contributed by atoms with Crippen LogP contribution in [0.3, 0.4) is 0 Å². The van der Waals surface area contributed by atoms with Crippen LogP contribution in [-0.4, -0.2) is 41.9 Å². The van der Waals surface area contributed by atoms with Gasteiger partial charge in [-0.05, 0) is 61.8 Å². The molecule has 0 aliphatic carbocycles. The third-order valence-corrected chi connectivity index (χ3v) is 6.61. The average Bonchev–Trinajstić information content (AvgIpc) is 2.81. The molecule has 0 spiro atoms. The van der Waals surface area contributed by atoms with Crippen molar-refractivity contribution in [3.8, 4) is 5.75 Å². The molecule has 1 aliphatic rings. The number of hydrogen-bond acceptors (Lipinski definition) is 3. The molecule has 0 aromatic heterocycles. The predicted octanol–water partition coefficient (Wildman–Crippen LogP) is 5.19. The zero-order chi connectivity index (χ0) is 24.0. The maximum Gasteiger partial charge on any atom is 0.260 e. The van der Waals surface area contributed by atoms with Crippen molar-refractivity contribution in [2.75, 3.05) is 13.1 Å². The number of amides is 2. The summed E-state index contributed by atoms with van der Waals surface area (Å²) in [4.78, 5) is 27.8. The summed E-state index contributed by atoms with van der Waals surface area (Å²) in [6, 6.07) is 16.2. The van der Waals surface area contributed by atoms with E-state index in [1.54, 1.807) is 6.92 Å². The van der Waals surface area contributed by atoms with Crippen LogP contribution in [0, 0.1) is 6.92 Å². The van der Waals surface area contributed by atoms with Crippen molar-refractivity contribution in [3.63, 3.8) is 0 Å². The lowest BCUT2D eigenvalue weighted by Crippen LogP contribution is -2.50. The summed E-state index contributed by atoms with van der Waals surface area (Å²) >= 11 is 0. The Hall–Kier alpha value is -2.82. The molecule has 2 unspecified atom stereocenters. The molecule has 0 saturated carbocycles. The fourth-order valence-electron chi connectivity index (χ4n) is 4.37. The number of nitrogens with zero attached hydrogens (tertiary/aromatic N) is 1. The normalized spacial score (nSPS) is 16.4. The number of likely N-dealkylation sites (tertiary alicyclic amines) is 1. The molecule has 2 amide bonds. The molecule has 33 heavy (non-hydrogen) atoms. The Kier molecular flexibility index (Phi) is 8.54. The number of carbonyl (C=O) groups excluding carboxylic acids is 2. The number of ether oxygens (including phenoxy) is 1. The Bertz CT molecular complexity index is 933. The summed E-state index contributed by atoms with van der Waals surface area (Å²) in [5.41, 5.74) is 3.29. The van der Waals surface area contributed by atoms with Gasteiger partial charge in [-0.1, -0.05) is 63.2 Å². The molecule has 0 bridgehead atoms. The number of rotatable bonds is 8. The van der Waals surface area contributed by atoms with Gasteiger partial charge in [0.05, 0.1) is 5.92 Å². The largest absolute Gasteiger partial charge is 0.481 e. The van der Waals surface area contributed by atoms with Crippen molar-refractivity contribution in [2.24, 2.45) is 0 Å². The van der Waals surface area contributed by atoms with E-state index in [9.17, 15) is 9.59 Å². The number of hydrogen-bond donors (Lipinski definition) is 1. The maximum absolute atomic E-state index is 13.1. The van der Waals surface area contributed by atoms with Crippen LogP contribution in [0.1, 0.15) is 75.5 Å². The molecule has 5 nitrogen and oxygen atoms in total. The monoisotopic (exact) mass is 450 g/mol. The van der Waals surface area contributed by atoms with E-state index in [-0.39, 0.29) is 23.8 Å². The Morgan fingerprint density at radius 1 is 1.03 bits per heavy atom. The fourth-order valence-corrected chi connectivity index (χ4v) is 4.37. The van der Waals surface area contributed by atoms with Crippen LogP contribution in [-0.2, 0) is 9.59 Å². The van der Waals surface area contributed by atoms with Gasteiger partial charge in [-0.2, -0.15) is 0 Å². The van der Waals surface area contributed by atoms with E-state index in [1.807, 2.05) is 54.3 Å². The summed E-state index contributed by atoms with van der Waals surface area (Å²) in [5.74, 6) is 1.14. The molecule has 1 N–H and O–H groups in total. The van der Waals surface area contributed by atoms with E-state index >= 15 is 0 Å². The van der Waals surface area contributed by atoms with E-state index < -0.39 is 6.10 Å². The lowest BCUT2D eigenvalue weighted by molar-refractivity contribution is -0.134. The molecule has 2 aromatic carbocycles. The average molecular weight is 451 g/mol. The van der Waals surface area contributed by atoms with Crippen molar-refractivity contribution in [2.45, 2.75) is 77.9 Å². The van der Waals surface area contributed by atoms with Crippen molar-refractivity contribution >= 4 is 11.8 Å². The van der Waals surface area contributed by atoms with E-state index in [1.165, 1.54) is 5.56 Å². The second-order valence-corrected chi connectivity index (χ2v) is 9.42. The van der Waals surface area contributed by atoms with E-state index in [4.69, 9.17) is 4.74 Å². The number of aryl methyl sites for hydroxylation is 1. The molecule has 0 radical (unpaired) electrons. The van der Waals surface area contributed by atoms with Crippen LogP contribution in [0.15, 0.2) is 48.5 Å². The predicted molar refractivity (Wildman–Crippen MR) is 133 cm³/mol. The van der Waals surface area contributed by atoms with Crippen LogP contribution in [0.5, 0.6) is 5.75 Å². The summed E-state index contributed by atoms with van der Waals surface area (Å²) in [7, 11) is 0. The van der Waals surface area contributed by atoms with Crippen LogP contribution in [0.2, 0.25) is 0 Å². The first-order valence-electron chi connectivity index (χ1n) is 12.2. The summed E-state index contributed by atoms with van der Waals surface area (Å²) in [6.45, 7) is 11.5. The molecule has 2 atom stereocenters. The van der Waals surface area contributed by atoms with Gasteiger partial charge < -0.3 is 15.0 Å². The molecule has 1 saturated heterocycles. The van der Waals surface area contributed by atoms with Crippen LogP contribution in [0.25, 0.3) is 0 Å². The number of carbonyl (C=O) groups is 2. The van der Waals surface area contributed by atoms with Crippen molar-refractivity contribution in [3.05, 3.63) is 65.2 Å². The second-order valence-electron chi connectivity index (χ2n) is 9.42. The first kappa shape index (κ1) is 24.8. The summed E-state index contributed by atoms with van der Waals surface area (Å²) < 4.78 is 6.02. The van der Waals surface area contributed by atoms with Gasteiger partial charge in [0.25, 0.3) is 5.91 Å². The maximum atomic E-state index is 13.1. The quantitative estimate of drug-likeness (QED) is 0.602. The lowest BCUT2D eigenvalue weighted by atomic mass is 9.93. The van der Waals surface area contributed by atoms with Gasteiger partial charge in [-0.3, -0.25) is 9.59 Å². The van der Waals surface area contributed by atoms with Crippen molar-refractivity contribution < 1.29 is 14.3 Å². The van der Waals surface area contributed by atoms with E-state index in [0.29, 0.717) is 19.0 Å². The first-order valence-corrected chi connectivity index (χ1v) is 12.2. The third kappa shape index (κ3) is 6.37. The van der Waals surface area contributed by atoms with Gasteiger partial charge in [0.15, 0.2) is 6.10 Å². The lowest BCUT2D eigenvalue weighted by Gasteiger charge is -2.35. The first-order chi connectivity index (χ1) is 15.8. The van der Waals surface area contributed by atoms with Gasteiger partial charge >= 0.3 is 0 Å². The second kappa shape index (κ2) is 11.4. The highest BCUT2D eigenvalue weighted by molar-refractivity contribution is 5.84. The number of benzene rings is 2. The minimum absolute atomic E-state index is 0.0625. The van der Waals surface area contributed by atoms with Crippen LogP contribution < -0.4 is 10.1 Å². The Balaban J connectivity index is 1.52. The highest BCUT2D eigenvalue weighted by Crippen LogP contribution is 2.26. The summed E-state index contributed by atoms with van der Waals surface area (Å²) in [6.07, 6.45) is 1.73. The molecule has 1 aliphatic heterocycles. The number of piperidine rings is 1. The summed E-state index contributed by atoms with van der Waals surface area (Å²) in [5, 5.41) is 3.13. The van der Waals surface area contributed by atoms with Crippen molar-refractivity contribution in [1.82, 2.24) is 10.2 Å². The smallest absolute Gasteiger partial charge is 0.260 e. The Morgan fingerprint density at radius 2 is 1.70 bits per heavy atom. The zero-order valence-corrected chi connectivity index (χ0v) is 20.6. The molecule has 1 heterocycles. The van der Waals surface area contributed by atoms with Gasteiger partial charge in [0.1, 0.15) is 5.75 Å². The van der Waals surface area contributed by atoms with Crippen LogP contribution in [0.4, 0.5) is 0 Å². The van der Waals surface area contributed by atoms with E-state index in [0.717, 1.165) is 36.1 Å². The topological polar surface area (TPSA) is 58.6 Å². The highest BCUT2D eigenvalue weighted by Gasteiger charge is 2.29. The molecular formula is C28H38N2O3. The molecule has 3 rings (SSSR count).